The van der Waals surface area contributed by atoms with Gasteiger partial charge in [-0.2, -0.15) is 0 Å². The Morgan fingerprint density at radius 1 is 1.24 bits per heavy atom. The van der Waals surface area contributed by atoms with Gasteiger partial charge in [-0.3, -0.25) is 19.9 Å². The maximum Gasteiger partial charge on any atom is 0.273 e. The number of aromatic nitrogens is 1. The van der Waals surface area contributed by atoms with Crippen LogP contribution in [0.25, 0.3) is 10.9 Å². The van der Waals surface area contributed by atoms with Gasteiger partial charge in [-0.15, -0.1) is 0 Å². The largest absolute Gasteiger partial charge is 0.497 e. The van der Waals surface area contributed by atoms with E-state index in [0.717, 1.165) is 5.39 Å². The molecule has 0 spiro atoms. The van der Waals surface area contributed by atoms with E-state index in [2.05, 4.69) is 10.3 Å². The van der Waals surface area contributed by atoms with Crippen molar-refractivity contribution in [3.05, 3.63) is 69.9 Å². The van der Waals surface area contributed by atoms with Crippen molar-refractivity contribution in [2.24, 2.45) is 0 Å². The van der Waals surface area contributed by atoms with E-state index in [1.165, 1.54) is 13.2 Å². The highest BCUT2D eigenvalue weighted by Gasteiger charge is 2.16. The molecule has 0 radical (unpaired) electrons. The van der Waals surface area contributed by atoms with Crippen LogP contribution in [0.2, 0.25) is 0 Å². The Bertz CT molecular complexity index is 985. The third kappa shape index (κ3) is 3.25. The molecule has 3 rings (SSSR count). The first kappa shape index (κ1) is 16.4. The predicted octanol–water partition coefficient (Wildman–Crippen LogP) is 3.71. The number of pyridine rings is 1. The van der Waals surface area contributed by atoms with Crippen LogP contribution in [0.5, 0.6) is 5.75 Å². The molecule has 1 aromatic heterocycles. The first-order valence-corrected chi connectivity index (χ1v) is 7.49. The fourth-order valence-corrected chi connectivity index (χ4v) is 2.52. The molecule has 1 amide bonds. The van der Waals surface area contributed by atoms with Crippen LogP contribution in [0.4, 0.5) is 11.4 Å². The zero-order valence-corrected chi connectivity index (χ0v) is 13.6. The predicted molar refractivity (Wildman–Crippen MR) is 94.1 cm³/mol. The molecular weight excluding hydrogens is 322 g/mol. The minimum absolute atomic E-state index is 0.0960. The summed E-state index contributed by atoms with van der Waals surface area (Å²) in [5, 5.41) is 14.6. The number of anilines is 1. The van der Waals surface area contributed by atoms with Crippen molar-refractivity contribution in [3.63, 3.8) is 0 Å². The molecule has 0 aliphatic heterocycles. The molecule has 0 saturated carbocycles. The average molecular weight is 337 g/mol. The van der Waals surface area contributed by atoms with E-state index in [4.69, 9.17) is 4.74 Å². The normalized spacial score (nSPS) is 10.5. The number of rotatable bonds is 4. The lowest BCUT2D eigenvalue weighted by Crippen LogP contribution is -2.13. The topological polar surface area (TPSA) is 94.4 Å². The highest BCUT2D eigenvalue weighted by atomic mass is 16.6. The van der Waals surface area contributed by atoms with Gasteiger partial charge in [0.05, 0.1) is 23.2 Å². The molecule has 126 valence electrons. The Hall–Kier alpha value is -3.48. The minimum atomic E-state index is -0.505. The first-order valence-electron chi connectivity index (χ1n) is 7.49. The number of nitro benzene ring substituents is 1. The highest BCUT2D eigenvalue weighted by Crippen LogP contribution is 2.28. The van der Waals surface area contributed by atoms with Crippen molar-refractivity contribution in [3.8, 4) is 5.75 Å². The molecule has 1 heterocycles. The van der Waals surface area contributed by atoms with E-state index in [0.29, 0.717) is 22.5 Å². The van der Waals surface area contributed by atoms with Crippen LogP contribution in [-0.4, -0.2) is 22.9 Å². The van der Waals surface area contributed by atoms with Gasteiger partial charge in [0.15, 0.2) is 0 Å². The molecule has 25 heavy (non-hydrogen) atoms. The third-order valence-electron chi connectivity index (χ3n) is 3.83. The molecule has 0 aliphatic carbocycles. The second-order valence-electron chi connectivity index (χ2n) is 5.46. The van der Waals surface area contributed by atoms with Crippen LogP contribution >= 0.6 is 0 Å². The van der Waals surface area contributed by atoms with Crippen molar-refractivity contribution in [1.82, 2.24) is 4.98 Å². The van der Waals surface area contributed by atoms with Gasteiger partial charge in [-0.25, -0.2) is 0 Å². The second-order valence-corrected chi connectivity index (χ2v) is 5.46. The minimum Gasteiger partial charge on any atom is -0.497 e. The molecule has 0 unspecified atom stereocenters. The maximum atomic E-state index is 12.5. The summed E-state index contributed by atoms with van der Waals surface area (Å²) >= 11 is 0. The van der Waals surface area contributed by atoms with Gasteiger partial charge in [0.1, 0.15) is 5.75 Å². The van der Waals surface area contributed by atoms with Gasteiger partial charge < -0.3 is 10.1 Å². The van der Waals surface area contributed by atoms with Crippen LogP contribution in [0.1, 0.15) is 15.9 Å². The molecular formula is C18H15N3O4. The molecule has 3 aromatic rings. The second kappa shape index (κ2) is 6.56. The van der Waals surface area contributed by atoms with E-state index in [1.807, 2.05) is 12.1 Å². The van der Waals surface area contributed by atoms with Crippen molar-refractivity contribution in [1.29, 1.82) is 0 Å². The van der Waals surface area contributed by atoms with Crippen molar-refractivity contribution in [2.45, 2.75) is 6.92 Å². The standard InChI is InChI=1S/C18H15N3O4/c1-11-5-6-13(9-16(11)21(23)24)18(22)20-15-10-14(25-2)8-12-4-3-7-19-17(12)15/h3-10H,1-2H3,(H,20,22). The van der Waals surface area contributed by atoms with Gasteiger partial charge in [-0.1, -0.05) is 12.1 Å². The third-order valence-corrected chi connectivity index (χ3v) is 3.83. The number of nitrogens with one attached hydrogen (secondary N) is 1. The number of fused-ring (bicyclic) bond motifs is 1. The summed E-state index contributed by atoms with van der Waals surface area (Å²) in [5.41, 5.74) is 1.68. The molecule has 0 atom stereocenters. The number of benzene rings is 2. The number of aryl methyl sites for hydroxylation is 1. The number of methoxy groups -OCH3 is 1. The molecule has 0 bridgehead atoms. The molecule has 1 N–H and O–H groups in total. The van der Waals surface area contributed by atoms with Crippen molar-refractivity contribution < 1.29 is 14.5 Å². The summed E-state index contributed by atoms with van der Waals surface area (Å²) in [6.45, 7) is 1.62. The highest BCUT2D eigenvalue weighted by molar-refractivity contribution is 6.09. The monoisotopic (exact) mass is 337 g/mol. The van der Waals surface area contributed by atoms with Crippen LogP contribution < -0.4 is 10.1 Å². The Balaban J connectivity index is 2.00. The van der Waals surface area contributed by atoms with E-state index < -0.39 is 10.8 Å². The van der Waals surface area contributed by atoms with Gasteiger partial charge >= 0.3 is 0 Å². The van der Waals surface area contributed by atoms with E-state index >= 15 is 0 Å². The SMILES string of the molecule is COc1cc(NC(=O)c2ccc(C)c([N+](=O)[O-])c2)c2ncccc2c1. The molecule has 2 aromatic carbocycles. The molecule has 7 nitrogen and oxygen atoms in total. The number of hydrogen-bond acceptors (Lipinski definition) is 5. The van der Waals surface area contributed by atoms with Gasteiger partial charge in [-0.05, 0) is 25.1 Å². The van der Waals surface area contributed by atoms with Gasteiger partial charge in [0, 0.05) is 34.8 Å². The Labute approximate surface area is 143 Å². The number of carbonyl (C=O) groups excluding carboxylic acids is 1. The van der Waals surface area contributed by atoms with Crippen LogP contribution in [0, 0.1) is 17.0 Å². The Morgan fingerprint density at radius 3 is 2.76 bits per heavy atom. The summed E-state index contributed by atoms with van der Waals surface area (Å²) in [7, 11) is 1.53. The van der Waals surface area contributed by atoms with Crippen LogP contribution in [0.15, 0.2) is 48.7 Å². The summed E-state index contributed by atoms with van der Waals surface area (Å²) in [4.78, 5) is 27.4. The Kier molecular flexibility index (Phi) is 4.30. The van der Waals surface area contributed by atoms with E-state index in [9.17, 15) is 14.9 Å². The molecule has 0 saturated heterocycles. The molecule has 0 fully saturated rings. The first-order chi connectivity index (χ1) is 12.0. The van der Waals surface area contributed by atoms with Gasteiger partial charge in [0.25, 0.3) is 11.6 Å². The maximum absolute atomic E-state index is 12.5. The summed E-state index contributed by atoms with van der Waals surface area (Å²) < 4.78 is 5.25. The van der Waals surface area contributed by atoms with Crippen molar-refractivity contribution >= 4 is 28.2 Å². The number of ether oxygens (including phenoxy) is 1. The zero-order chi connectivity index (χ0) is 18.0. The summed E-state index contributed by atoms with van der Waals surface area (Å²) in [5.74, 6) is 0.119. The fourth-order valence-electron chi connectivity index (χ4n) is 2.52. The lowest BCUT2D eigenvalue weighted by molar-refractivity contribution is -0.385. The number of hydrogen-bond donors (Lipinski definition) is 1. The lowest BCUT2D eigenvalue weighted by atomic mass is 10.1. The summed E-state index contributed by atoms with van der Waals surface area (Å²) in [6.07, 6.45) is 1.63. The van der Waals surface area contributed by atoms with E-state index in [1.54, 1.807) is 37.4 Å². The van der Waals surface area contributed by atoms with Crippen molar-refractivity contribution in [2.75, 3.05) is 12.4 Å². The van der Waals surface area contributed by atoms with Crippen LogP contribution in [-0.2, 0) is 0 Å². The number of nitrogens with zero attached hydrogens (tertiary/aromatic N) is 2. The average Bonchev–Trinajstić information content (AvgIpc) is 2.61. The van der Waals surface area contributed by atoms with E-state index in [-0.39, 0.29) is 11.3 Å². The number of carbonyl (C=O) groups is 1. The van der Waals surface area contributed by atoms with Crippen LogP contribution in [0.3, 0.4) is 0 Å². The molecule has 7 heteroatoms. The smallest absolute Gasteiger partial charge is 0.273 e. The fraction of sp³-hybridized carbons (Fsp3) is 0.111. The lowest BCUT2D eigenvalue weighted by Gasteiger charge is -2.11. The number of amides is 1. The zero-order valence-electron chi connectivity index (χ0n) is 13.6. The Morgan fingerprint density at radius 2 is 2.04 bits per heavy atom. The number of nitro groups is 1. The quantitative estimate of drug-likeness (QED) is 0.578. The molecule has 0 aliphatic rings. The van der Waals surface area contributed by atoms with Gasteiger partial charge in [0.2, 0.25) is 0 Å². The summed E-state index contributed by atoms with van der Waals surface area (Å²) in [6, 6.07) is 11.5.